The van der Waals surface area contributed by atoms with Crippen LogP contribution in [-0.2, 0) is 11.3 Å². The highest BCUT2D eigenvalue weighted by atomic mass is 32.1. The van der Waals surface area contributed by atoms with Crippen molar-refractivity contribution in [3.8, 4) is 0 Å². The molecule has 1 aliphatic rings. The minimum atomic E-state index is -0.0517. The highest BCUT2D eigenvalue weighted by Gasteiger charge is 2.44. The monoisotopic (exact) mass is 297 g/mol. The van der Waals surface area contributed by atoms with Gasteiger partial charge in [0.15, 0.2) is 0 Å². The molecule has 0 aromatic carbocycles. The van der Waals surface area contributed by atoms with Gasteiger partial charge in [-0.05, 0) is 40.2 Å². The number of aryl methyl sites for hydroxylation is 1. The fourth-order valence-electron chi connectivity index (χ4n) is 3.10. The number of ether oxygens (including phenoxy) is 1. The normalized spacial score (nSPS) is 30.9. The van der Waals surface area contributed by atoms with E-state index in [9.17, 15) is 0 Å². The first-order valence-electron chi connectivity index (χ1n) is 7.39. The first-order valence-corrected chi connectivity index (χ1v) is 8.27. The first kappa shape index (κ1) is 15.9. The van der Waals surface area contributed by atoms with Gasteiger partial charge in [-0.1, -0.05) is 6.92 Å². The van der Waals surface area contributed by atoms with E-state index in [0.29, 0.717) is 6.54 Å². The molecule has 1 aromatic rings. The van der Waals surface area contributed by atoms with Crippen molar-refractivity contribution < 1.29 is 4.74 Å². The molecule has 1 aromatic heterocycles. The molecular formula is C15H27N3OS. The second kappa shape index (κ2) is 6.10. The van der Waals surface area contributed by atoms with Crippen LogP contribution in [0.1, 0.15) is 43.8 Å². The molecule has 4 nitrogen and oxygen atoms in total. The predicted octanol–water partition coefficient (Wildman–Crippen LogP) is 2.56. The molecule has 5 heteroatoms. The van der Waals surface area contributed by atoms with Gasteiger partial charge >= 0.3 is 0 Å². The summed E-state index contributed by atoms with van der Waals surface area (Å²) < 4.78 is 5.98. The van der Waals surface area contributed by atoms with E-state index in [1.165, 1.54) is 0 Å². The van der Waals surface area contributed by atoms with Gasteiger partial charge in [-0.2, -0.15) is 0 Å². The summed E-state index contributed by atoms with van der Waals surface area (Å²) in [5, 5.41) is 3.27. The Bertz CT molecular complexity index is 450. The van der Waals surface area contributed by atoms with Crippen molar-refractivity contribution in [2.45, 2.75) is 57.7 Å². The van der Waals surface area contributed by atoms with Gasteiger partial charge < -0.3 is 10.5 Å². The SMILES string of the molecule is CCC1(C)CC(CN)(N(C)Cc2csc(C)n2)CCO1. The smallest absolute Gasteiger partial charge is 0.0897 e. The number of hydrogen-bond acceptors (Lipinski definition) is 5. The average molecular weight is 297 g/mol. The molecule has 1 fully saturated rings. The molecule has 0 bridgehead atoms. The second-order valence-electron chi connectivity index (χ2n) is 6.22. The van der Waals surface area contributed by atoms with Gasteiger partial charge in [-0.3, -0.25) is 4.90 Å². The Morgan fingerprint density at radius 1 is 1.55 bits per heavy atom. The highest BCUT2D eigenvalue weighted by molar-refractivity contribution is 7.09. The molecule has 0 saturated carbocycles. The molecule has 114 valence electrons. The van der Waals surface area contributed by atoms with Crippen LogP contribution >= 0.6 is 11.3 Å². The van der Waals surface area contributed by atoms with Crippen molar-refractivity contribution in [3.05, 3.63) is 16.1 Å². The summed E-state index contributed by atoms with van der Waals surface area (Å²) in [5.74, 6) is 0. The van der Waals surface area contributed by atoms with Gasteiger partial charge in [0.05, 0.1) is 16.3 Å². The summed E-state index contributed by atoms with van der Waals surface area (Å²) in [6.45, 7) is 8.78. The van der Waals surface area contributed by atoms with Crippen molar-refractivity contribution in [2.24, 2.45) is 5.73 Å². The van der Waals surface area contributed by atoms with E-state index in [-0.39, 0.29) is 11.1 Å². The topological polar surface area (TPSA) is 51.4 Å². The van der Waals surface area contributed by atoms with Gasteiger partial charge in [-0.15, -0.1) is 11.3 Å². The Hall–Kier alpha value is -0.490. The number of likely N-dealkylation sites (N-methyl/N-ethyl adjacent to an activating group) is 1. The molecular weight excluding hydrogens is 270 g/mol. The number of hydrogen-bond donors (Lipinski definition) is 1. The summed E-state index contributed by atoms with van der Waals surface area (Å²) in [5.41, 5.74) is 7.28. The van der Waals surface area contributed by atoms with Crippen molar-refractivity contribution in [2.75, 3.05) is 20.2 Å². The van der Waals surface area contributed by atoms with Crippen molar-refractivity contribution in [1.29, 1.82) is 0 Å². The lowest BCUT2D eigenvalue weighted by molar-refractivity contribution is -0.126. The molecule has 2 unspecified atom stereocenters. The number of thiazole rings is 1. The van der Waals surface area contributed by atoms with E-state index in [2.05, 4.69) is 43.1 Å². The standard InChI is InChI=1S/C15H27N3OS/c1-5-14(3)10-15(11-16,6-7-19-14)18(4)8-13-9-20-12(2)17-13/h9H,5-8,10-11,16H2,1-4H3. The van der Waals surface area contributed by atoms with Gasteiger partial charge in [0, 0.05) is 30.6 Å². The molecule has 0 radical (unpaired) electrons. The van der Waals surface area contributed by atoms with E-state index in [0.717, 1.165) is 43.1 Å². The minimum Gasteiger partial charge on any atom is -0.375 e. The predicted molar refractivity (Wildman–Crippen MR) is 84.0 cm³/mol. The van der Waals surface area contributed by atoms with Crippen LogP contribution in [0.5, 0.6) is 0 Å². The maximum Gasteiger partial charge on any atom is 0.0897 e. The third-order valence-corrected chi connectivity index (χ3v) is 5.55. The van der Waals surface area contributed by atoms with Crippen molar-refractivity contribution >= 4 is 11.3 Å². The second-order valence-corrected chi connectivity index (χ2v) is 7.28. The molecule has 0 aliphatic carbocycles. The van der Waals surface area contributed by atoms with Crippen LogP contribution in [0.2, 0.25) is 0 Å². The van der Waals surface area contributed by atoms with Crippen LogP contribution in [0.4, 0.5) is 0 Å². The molecule has 0 spiro atoms. The largest absolute Gasteiger partial charge is 0.375 e. The summed E-state index contributed by atoms with van der Waals surface area (Å²) in [7, 11) is 2.17. The highest BCUT2D eigenvalue weighted by Crippen LogP contribution is 2.37. The van der Waals surface area contributed by atoms with Crippen LogP contribution in [0.25, 0.3) is 0 Å². The minimum absolute atomic E-state index is 0.0283. The summed E-state index contributed by atoms with van der Waals surface area (Å²) in [6.07, 6.45) is 3.02. The van der Waals surface area contributed by atoms with E-state index >= 15 is 0 Å². The van der Waals surface area contributed by atoms with Gasteiger partial charge in [0.1, 0.15) is 0 Å². The molecule has 0 amide bonds. The number of rotatable bonds is 5. The Balaban J connectivity index is 2.13. The Morgan fingerprint density at radius 2 is 2.30 bits per heavy atom. The zero-order valence-electron chi connectivity index (χ0n) is 13.1. The molecule has 2 rings (SSSR count). The quantitative estimate of drug-likeness (QED) is 0.907. The third-order valence-electron chi connectivity index (χ3n) is 4.72. The fraction of sp³-hybridized carbons (Fsp3) is 0.800. The van der Waals surface area contributed by atoms with Gasteiger partial charge in [0.25, 0.3) is 0 Å². The maximum atomic E-state index is 6.16. The summed E-state index contributed by atoms with van der Waals surface area (Å²) >= 11 is 1.71. The van der Waals surface area contributed by atoms with E-state index < -0.39 is 0 Å². The third kappa shape index (κ3) is 3.22. The molecule has 1 aliphatic heterocycles. The molecule has 1 saturated heterocycles. The van der Waals surface area contributed by atoms with Crippen LogP contribution in [-0.4, -0.2) is 41.2 Å². The van der Waals surface area contributed by atoms with Gasteiger partial charge in [0.2, 0.25) is 0 Å². The number of aromatic nitrogens is 1. The molecule has 2 N–H and O–H groups in total. The Morgan fingerprint density at radius 3 is 2.85 bits per heavy atom. The Labute approximate surface area is 126 Å². The molecule has 2 heterocycles. The molecule has 20 heavy (non-hydrogen) atoms. The zero-order valence-corrected chi connectivity index (χ0v) is 13.9. The zero-order chi connectivity index (χ0) is 14.8. The van der Waals surface area contributed by atoms with E-state index in [1.54, 1.807) is 11.3 Å². The van der Waals surface area contributed by atoms with Crippen LogP contribution in [0, 0.1) is 6.92 Å². The van der Waals surface area contributed by atoms with Crippen molar-refractivity contribution in [1.82, 2.24) is 9.88 Å². The molecule has 2 atom stereocenters. The average Bonchev–Trinajstić information content (AvgIpc) is 2.84. The number of nitrogens with zero attached hydrogens (tertiary/aromatic N) is 2. The lowest BCUT2D eigenvalue weighted by Crippen LogP contribution is -2.59. The lowest BCUT2D eigenvalue weighted by atomic mass is 9.78. The Kier molecular flexibility index (Phi) is 4.84. The van der Waals surface area contributed by atoms with Crippen LogP contribution in [0.15, 0.2) is 5.38 Å². The summed E-state index contributed by atoms with van der Waals surface area (Å²) in [4.78, 5) is 6.96. The first-order chi connectivity index (χ1) is 9.43. The van der Waals surface area contributed by atoms with E-state index in [1.807, 2.05) is 0 Å². The van der Waals surface area contributed by atoms with Crippen LogP contribution < -0.4 is 5.73 Å². The van der Waals surface area contributed by atoms with E-state index in [4.69, 9.17) is 10.5 Å². The van der Waals surface area contributed by atoms with Crippen molar-refractivity contribution in [3.63, 3.8) is 0 Å². The fourth-order valence-corrected chi connectivity index (χ4v) is 3.70. The lowest BCUT2D eigenvalue weighted by Gasteiger charge is -2.50. The van der Waals surface area contributed by atoms with Gasteiger partial charge in [-0.25, -0.2) is 4.98 Å². The van der Waals surface area contributed by atoms with Crippen LogP contribution in [0.3, 0.4) is 0 Å². The maximum absolute atomic E-state index is 6.16. The summed E-state index contributed by atoms with van der Waals surface area (Å²) in [6, 6.07) is 0. The number of nitrogens with two attached hydrogens (primary N) is 1.